The Bertz CT molecular complexity index is 1420. The number of hydrogen-bond acceptors (Lipinski definition) is 4. The molecule has 0 saturated carbocycles. The molecule has 8 heteroatoms. The maximum atomic E-state index is 14.8. The summed E-state index contributed by atoms with van der Waals surface area (Å²) in [5.41, 5.74) is 2.78. The first kappa shape index (κ1) is 26.9. The summed E-state index contributed by atoms with van der Waals surface area (Å²) < 4.78 is 28.6. The molecule has 1 atom stereocenters. The van der Waals surface area contributed by atoms with Crippen LogP contribution in [0.25, 0.3) is 5.69 Å². The molecule has 0 unspecified atom stereocenters. The molecule has 0 bridgehead atoms. The first-order valence-electron chi connectivity index (χ1n) is 13.2. The Labute approximate surface area is 232 Å². The Morgan fingerprint density at radius 1 is 1.10 bits per heavy atom. The third kappa shape index (κ3) is 6.15. The van der Waals surface area contributed by atoms with Gasteiger partial charge in [-0.2, -0.15) is 5.10 Å². The second-order valence-corrected chi connectivity index (χ2v) is 10.4. The van der Waals surface area contributed by atoms with Gasteiger partial charge in [-0.1, -0.05) is 55.8 Å². The molecule has 0 spiro atoms. The molecular formula is C31H31ClFN3O3. The van der Waals surface area contributed by atoms with Crippen LogP contribution in [0, 0.1) is 5.82 Å². The third-order valence-electron chi connectivity index (χ3n) is 6.73. The number of ether oxygens (including phenoxy) is 2. The molecule has 5 rings (SSSR count). The van der Waals surface area contributed by atoms with Gasteiger partial charge in [0, 0.05) is 23.7 Å². The number of carbonyl (C=O) groups is 1. The van der Waals surface area contributed by atoms with Crippen molar-refractivity contribution in [1.82, 2.24) is 14.7 Å². The zero-order valence-electron chi connectivity index (χ0n) is 22.0. The lowest BCUT2D eigenvalue weighted by atomic mass is 10.0. The number of nitrogens with zero attached hydrogens (tertiary/aromatic N) is 3. The average Bonchev–Trinajstić information content (AvgIpc) is 3.58. The van der Waals surface area contributed by atoms with Crippen molar-refractivity contribution in [2.24, 2.45) is 0 Å². The lowest BCUT2D eigenvalue weighted by Crippen LogP contribution is -2.37. The summed E-state index contributed by atoms with van der Waals surface area (Å²) in [4.78, 5) is 15.6. The Morgan fingerprint density at radius 2 is 1.82 bits per heavy atom. The van der Waals surface area contributed by atoms with Gasteiger partial charge < -0.3 is 14.4 Å². The number of carbonyl (C=O) groups excluding carboxylic acids is 1. The molecular weight excluding hydrogens is 517 g/mol. The smallest absolute Gasteiger partial charge is 0.254 e. The highest BCUT2D eigenvalue weighted by molar-refractivity contribution is 6.30. The van der Waals surface area contributed by atoms with E-state index < -0.39 is 5.82 Å². The van der Waals surface area contributed by atoms with Gasteiger partial charge in [0.2, 0.25) is 5.88 Å². The van der Waals surface area contributed by atoms with E-state index in [2.05, 4.69) is 0 Å². The summed E-state index contributed by atoms with van der Waals surface area (Å²) in [6.45, 7) is 5.39. The fraction of sp³-hybridized carbons (Fsp3) is 0.290. The number of benzene rings is 3. The van der Waals surface area contributed by atoms with Crippen molar-refractivity contribution in [3.05, 3.63) is 107 Å². The fourth-order valence-electron chi connectivity index (χ4n) is 4.76. The van der Waals surface area contributed by atoms with Crippen LogP contribution in [0.1, 0.15) is 54.2 Å². The number of para-hydroxylation sites is 2. The first-order valence-corrected chi connectivity index (χ1v) is 13.5. The van der Waals surface area contributed by atoms with Gasteiger partial charge in [-0.3, -0.25) is 4.79 Å². The quantitative estimate of drug-likeness (QED) is 0.219. The lowest BCUT2D eigenvalue weighted by molar-refractivity contribution is 0.0505. The van der Waals surface area contributed by atoms with Gasteiger partial charge in [0.1, 0.15) is 0 Å². The predicted molar refractivity (Wildman–Crippen MR) is 149 cm³/mol. The van der Waals surface area contributed by atoms with E-state index in [1.165, 1.54) is 6.07 Å². The van der Waals surface area contributed by atoms with Crippen LogP contribution < -0.4 is 4.74 Å². The van der Waals surface area contributed by atoms with Crippen molar-refractivity contribution in [3.8, 4) is 17.3 Å². The van der Waals surface area contributed by atoms with E-state index >= 15 is 0 Å². The molecule has 1 saturated heterocycles. The van der Waals surface area contributed by atoms with Crippen molar-refractivity contribution in [2.45, 2.75) is 45.3 Å². The highest BCUT2D eigenvalue weighted by atomic mass is 35.5. The van der Waals surface area contributed by atoms with Crippen LogP contribution in [0.3, 0.4) is 0 Å². The highest BCUT2D eigenvalue weighted by Gasteiger charge is 2.30. The van der Waals surface area contributed by atoms with Gasteiger partial charge in [-0.15, -0.1) is 0 Å². The lowest BCUT2D eigenvalue weighted by Gasteiger charge is -2.26. The van der Waals surface area contributed by atoms with Gasteiger partial charge in [-0.05, 0) is 67.3 Å². The fourth-order valence-corrected chi connectivity index (χ4v) is 4.89. The number of aromatic nitrogens is 2. The van der Waals surface area contributed by atoms with E-state index in [0.29, 0.717) is 29.6 Å². The summed E-state index contributed by atoms with van der Waals surface area (Å²) in [5.74, 6) is -0.162. The SMILES string of the molecule is CC(C)c1nn(-c2ccccc2)c(Oc2ccccc2F)c1CN(C[C@@H]1CCCO1)C(=O)c1ccc(Cl)cc1. The molecule has 39 heavy (non-hydrogen) atoms. The molecule has 1 aromatic heterocycles. The largest absolute Gasteiger partial charge is 0.435 e. The van der Waals surface area contributed by atoms with Gasteiger partial charge in [0.15, 0.2) is 11.6 Å². The van der Waals surface area contributed by atoms with Crippen molar-refractivity contribution in [1.29, 1.82) is 0 Å². The number of rotatable bonds is 9. The van der Waals surface area contributed by atoms with Crippen LogP contribution in [0.4, 0.5) is 4.39 Å². The van der Waals surface area contributed by atoms with Gasteiger partial charge in [-0.25, -0.2) is 9.07 Å². The monoisotopic (exact) mass is 547 g/mol. The molecule has 1 aliphatic heterocycles. The zero-order valence-corrected chi connectivity index (χ0v) is 22.8. The highest BCUT2D eigenvalue weighted by Crippen LogP contribution is 2.36. The minimum atomic E-state index is -0.483. The van der Waals surface area contributed by atoms with E-state index in [1.54, 1.807) is 52.0 Å². The maximum absolute atomic E-state index is 14.8. The molecule has 202 valence electrons. The number of hydrogen-bond donors (Lipinski definition) is 0. The molecule has 0 N–H and O–H groups in total. The van der Waals surface area contributed by atoms with Gasteiger partial charge in [0.05, 0.1) is 29.6 Å². The Balaban J connectivity index is 1.61. The van der Waals surface area contributed by atoms with Crippen LogP contribution >= 0.6 is 11.6 Å². The summed E-state index contributed by atoms with van der Waals surface area (Å²) in [6.07, 6.45) is 1.77. The summed E-state index contributed by atoms with van der Waals surface area (Å²) in [6, 6.07) is 22.7. The predicted octanol–water partition coefficient (Wildman–Crippen LogP) is 7.40. The average molecular weight is 548 g/mol. The Kier molecular flexibility index (Phi) is 8.29. The molecule has 1 fully saturated rings. The molecule has 1 aliphatic rings. The third-order valence-corrected chi connectivity index (χ3v) is 6.99. The molecule has 0 aliphatic carbocycles. The second-order valence-electron chi connectivity index (χ2n) is 9.93. The first-order chi connectivity index (χ1) is 18.9. The van der Waals surface area contributed by atoms with Crippen molar-refractivity contribution in [2.75, 3.05) is 13.2 Å². The standard InChI is InChI=1S/C31H31ClFN3O3/c1-21(2)29-26(20-35(19-25-11-8-18-38-25)30(37)22-14-16-23(32)17-15-22)31(39-28-13-7-6-12-27(28)33)36(34-29)24-9-4-3-5-10-24/h3-7,9-10,12-17,21,25H,8,11,18-20H2,1-2H3/t25-/m0/s1. The van der Waals surface area contributed by atoms with Crippen LogP contribution in [-0.4, -0.2) is 39.8 Å². The summed E-state index contributed by atoms with van der Waals surface area (Å²) >= 11 is 6.09. The maximum Gasteiger partial charge on any atom is 0.254 e. The molecule has 2 heterocycles. The molecule has 0 radical (unpaired) electrons. The van der Waals surface area contributed by atoms with Crippen LogP contribution in [-0.2, 0) is 11.3 Å². The number of amides is 1. The van der Waals surface area contributed by atoms with Crippen molar-refractivity contribution >= 4 is 17.5 Å². The second kappa shape index (κ2) is 12.0. The minimum absolute atomic E-state index is 0.0168. The topological polar surface area (TPSA) is 56.6 Å². The van der Waals surface area contributed by atoms with Crippen LogP contribution in [0.15, 0.2) is 78.9 Å². The van der Waals surface area contributed by atoms with E-state index in [1.807, 2.05) is 44.2 Å². The minimum Gasteiger partial charge on any atom is -0.435 e. The summed E-state index contributed by atoms with van der Waals surface area (Å²) in [5, 5.41) is 5.48. The van der Waals surface area contributed by atoms with E-state index in [4.69, 9.17) is 26.2 Å². The van der Waals surface area contributed by atoms with Crippen molar-refractivity contribution in [3.63, 3.8) is 0 Å². The van der Waals surface area contributed by atoms with Crippen LogP contribution in [0.5, 0.6) is 11.6 Å². The molecule has 6 nitrogen and oxygen atoms in total. The number of halogens is 2. The van der Waals surface area contributed by atoms with E-state index in [-0.39, 0.29) is 30.2 Å². The van der Waals surface area contributed by atoms with Crippen molar-refractivity contribution < 1.29 is 18.7 Å². The van der Waals surface area contributed by atoms with E-state index in [9.17, 15) is 9.18 Å². The normalized spacial score (nSPS) is 15.1. The molecule has 4 aromatic rings. The van der Waals surface area contributed by atoms with Gasteiger partial charge >= 0.3 is 0 Å². The molecule has 1 amide bonds. The Morgan fingerprint density at radius 3 is 2.49 bits per heavy atom. The van der Waals surface area contributed by atoms with Crippen LogP contribution in [0.2, 0.25) is 5.02 Å². The molecule has 3 aromatic carbocycles. The Hall–Kier alpha value is -3.68. The summed E-state index contributed by atoms with van der Waals surface area (Å²) in [7, 11) is 0. The van der Waals surface area contributed by atoms with E-state index in [0.717, 1.165) is 29.8 Å². The zero-order chi connectivity index (χ0) is 27.4. The van der Waals surface area contributed by atoms with Gasteiger partial charge in [0.25, 0.3) is 5.91 Å².